The van der Waals surface area contributed by atoms with E-state index in [1.165, 1.54) is 0 Å². The Hall–Kier alpha value is -3.60. The Morgan fingerprint density at radius 1 is 1.03 bits per heavy atom. The molecule has 4 atom stereocenters. The predicted molar refractivity (Wildman–Crippen MR) is 99.8 cm³/mol. The molecule has 0 spiro atoms. The summed E-state index contributed by atoms with van der Waals surface area (Å²) in [5.74, 6) is -1.68. The van der Waals surface area contributed by atoms with Gasteiger partial charge in [0, 0.05) is 6.92 Å². The van der Waals surface area contributed by atoms with Crippen molar-refractivity contribution in [2.24, 2.45) is 16.7 Å². The Labute approximate surface area is 168 Å². The van der Waals surface area contributed by atoms with Gasteiger partial charge in [0.15, 0.2) is 11.5 Å². The Balaban J connectivity index is 1.94. The van der Waals surface area contributed by atoms with Crippen molar-refractivity contribution in [2.75, 3.05) is 0 Å². The fourth-order valence-corrected chi connectivity index (χ4v) is 4.58. The molecular weight excluding hydrogens is 368 g/mol. The normalized spacial score (nSPS) is 31.9. The lowest BCUT2D eigenvalue weighted by Crippen LogP contribution is -2.59. The van der Waals surface area contributed by atoms with Gasteiger partial charge in [-0.15, -0.1) is 0 Å². The molecule has 0 saturated carbocycles. The van der Waals surface area contributed by atoms with Crippen LogP contribution < -0.4 is 0 Å². The fraction of sp³-hybridized carbons (Fsp3) is 0.364. The first-order valence-electron chi connectivity index (χ1n) is 9.17. The van der Waals surface area contributed by atoms with E-state index >= 15 is 0 Å². The minimum atomic E-state index is -2.02. The SMILES string of the molecule is Cc1ccc(C2OC3(C)OC(=N)C(C#N)(C3Cc3ccccc3)C2(C#N)C#N)o1. The van der Waals surface area contributed by atoms with Crippen molar-refractivity contribution in [3.8, 4) is 18.2 Å². The number of aryl methyl sites for hydroxylation is 1. The van der Waals surface area contributed by atoms with Gasteiger partial charge in [-0.1, -0.05) is 30.3 Å². The maximum atomic E-state index is 10.3. The third-order valence-corrected chi connectivity index (χ3v) is 6.02. The van der Waals surface area contributed by atoms with Gasteiger partial charge in [-0.05, 0) is 31.0 Å². The molecule has 29 heavy (non-hydrogen) atoms. The van der Waals surface area contributed by atoms with Gasteiger partial charge >= 0.3 is 0 Å². The summed E-state index contributed by atoms with van der Waals surface area (Å²) in [6.07, 6.45) is -0.867. The summed E-state index contributed by atoms with van der Waals surface area (Å²) in [6, 6.07) is 18.9. The van der Waals surface area contributed by atoms with Crippen LogP contribution in [0, 0.1) is 63.1 Å². The van der Waals surface area contributed by atoms with Crippen LogP contribution in [-0.4, -0.2) is 11.7 Å². The summed E-state index contributed by atoms with van der Waals surface area (Å²) in [4.78, 5) is 0. The number of nitriles is 3. The Morgan fingerprint density at radius 3 is 2.28 bits per heavy atom. The summed E-state index contributed by atoms with van der Waals surface area (Å²) in [7, 11) is 0. The van der Waals surface area contributed by atoms with E-state index in [1.54, 1.807) is 26.0 Å². The van der Waals surface area contributed by atoms with E-state index in [0.29, 0.717) is 12.2 Å². The average molecular weight is 386 g/mol. The highest BCUT2D eigenvalue weighted by atomic mass is 16.7. The van der Waals surface area contributed by atoms with Crippen LogP contribution in [0.25, 0.3) is 0 Å². The van der Waals surface area contributed by atoms with E-state index in [4.69, 9.17) is 19.3 Å². The quantitative estimate of drug-likeness (QED) is 0.855. The Kier molecular flexibility index (Phi) is 4.01. The molecule has 0 aliphatic carbocycles. The van der Waals surface area contributed by atoms with Crippen molar-refractivity contribution in [3.05, 3.63) is 59.5 Å². The highest BCUT2D eigenvalue weighted by Crippen LogP contribution is 2.67. The molecule has 4 rings (SSSR count). The number of rotatable bonds is 3. The zero-order valence-corrected chi connectivity index (χ0v) is 16.0. The van der Waals surface area contributed by atoms with Crippen molar-refractivity contribution in [3.63, 3.8) is 0 Å². The van der Waals surface area contributed by atoms with Crippen LogP contribution in [0.4, 0.5) is 0 Å². The number of nitrogens with one attached hydrogen (secondary N) is 1. The number of furan rings is 1. The highest BCUT2D eigenvalue weighted by molar-refractivity contribution is 5.89. The Bertz CT molecular complexity index is 1090. The topological polar surface area (TPSA) is 127 Å². The van der Waals surface area contributed by atoms with E-state index < -0.39 is 34.5 Å². The van der Waals surface area contributed by atoms with Crippen LogP contribution in [0.2, 0.25) is 0 Å². The van der Waals surface area contributed by atoms with Crippen LogP contribution in [-0.2, 0) is 15.9 Å². The molecule has 1 aromatic carbocycles. The second kappa shape index (κ2) is 6.21. The van der Waals surface area contributed by atoms with Crippen molar-refractivity contribution in [1.82, 2.24) is 0 Å². The van der Waals surface area contributed by atoms with Crippen LogP contribution in [0.5, 0.6) is 0 Å². The van der Waals surface area contributed by atoms with Crippen LogP contribution >= 0.6 is 0 Å². The van der Waals surface area contributed by atoms with E-state index in [0.717, 1.165) is 5.56 Å². The third kappa shape index (κ3) is 2.27. The van der Waals surface area contributed by atoms with E-state index in [2.05, 4.69) is 6.07 Å². The number of hydrogen-bond donors (Lipinski definition) is 1. The van der Waals surface area contributed by atoms with Gasteiger partial charge < -0.3 is 13.9 Å². The van der Waals surface area contributed by atoms with Crippen LogP contribution in [0.1, 0.15) is 30.1 Å². The summed E-state index contributed by atoms with van der Waals surface area (Å²) in [6.45, 7) is 3.38. The van der Waals surface area contributed by atoms with Gasteiger partial charge in [-0.25, -0.2) is 0 Å². The van der Waals surface area contributed by atoms with Crippen molar-refractivity contribution < 1.29 is 13.9 Å². The van der Waals surface area contributed by atoms with Crippen LogP contribution in [0.3, 0.4) is 0 Å². The van der Waals surface area contributed by atoms with Crippen molar-refractivity contribution in [1.29, 1.82) is 21.2 Å². The van der Waals surface area contributed by atoms with E-state index in [1.807, 2.05) is 42.5 Å². The standard InChI is InChI=1S/C22H18N4O3/c1-14-8-9-16(27-14)18-21(11-23,12-24)22(13-25)17(10-15-6-4-3-5-7-15)20(2,28-18)29-19(22)26/h3-9,17-18,26H,10H2,1-2H3. The number of benzene rings is 1. The molecule has 7 heteroatoms. The summed E-state index contributed by atoms with van der Waals surface area (Å²) >= 11 is 0. The second-order valence-electron chi connectivity index (χ2n) is 7.59. The molecule has 4 unspecified atom stereocenters. The minimum absolute atomic E-state index is 0.257. The first-order valence-corrected chi connectivity index (χ1v) is 9.17. The molecule has 2 aliphatic rings. The summed E-state index contributed by atoms with van der Waals surface area (Å²) in [5.41, 5.74) is -2.94. The predicted octanol–water partition coefficient (Wildman–Crippen LogP) is 3.79. The lowest BCUT2D eigenvalue weighted by atomic mass is 9.53. The molecule has 3 heterocycles. The molecule has 0 radical (unpaired) electrons. The first kappa shape index (κ1) is 18.7. The molecule has 2 bridgehead atoms. The molecule has 2 saturated heterocycles. The smallest absolute Gasteiger partial charge is 0.215 e. The molecule has 1 N–H and O–H groups in total. The van der Waals surface area contributed by atoms with Gasteiger partial charge in [-0.3, -0.25) is 5.41 Å². The lowest BCUT2D eigenvalue weighted by molar-refractivity contribution is -0.276. The third-order valence-electron chi connectivity index (χ3n) is 6.02. The first-order chi connectivity index (χ1) is 13.9. The van der Waals surface area contributed by atoms with Gasteiger partial charge in [0.1, 0.15) is 11.5 Å². The van der Waals surface area contributed by atoms with E-state index in [9.17, 15) is 15.8 Å². The average Bonchev–Trinajstić information content (AvgIpc) is 3.21. The molecule has 0 amide bonds. The number of hydrogen-bond acceptors (Lipinski definition) is 7. The molecule has 1 aromatic heterocycles. The molecule has 2 aliphatic heterocycles. The maximum absolute atomic E-state index is 10.3. The Morgan fingerprint density at radius 2 is 1.72 bits per heavy atom. The monoisotopic (exact) mass is 386 g/mol. The van der Waals surface area contributed by atoms with Gasteiger partial charge in [0.05, 0.1) is 24.1 Å². The number of nitrogens with zero attached hydrogens (tertiary/aromatic N) is 3. The molecule has 7 nitrogen and oxygen atoms in total. The van der Waals surface area contributed by atoms with Crippen molar-refractivity contribution >= 4 is 5.90 Å². The molecule has 144 valence electrons. The summed E-state index contributed by atoms with van der Waals surface area (Å²) in [5, 5.41) is 39.2. The minimum Gasteiger partial charge on any atom is -0.464 e. The largest absolute Gasteiger partial charge is 0.464 e. The van der Waals surface area contributed by atoms with E-state index in [-0.39, 0.29) is 5.76 Å². The lowest BCUT2D eigenvalue weighted by Gasteiger charge is -2.48. The van der Waals surface area contributed by atoms with Gasteiger partial charge in [-0.2, -0.15) is 15.8 Å². The molecule has 2 fully saturated rings. The number of fused-ring (bicyclic) bond motifs is 2. The van der Waals surface area contributed by atoms with Gasteiger partial charge in [0.2, 0.25) is 17.1 Å². The fourth-order valence-electron chi connectivity index (χ4n) is 4.58. The van der Waals surface area contributed by atoms with Crippen molar-refractivity contribution in [2.45, 2.75) is 32.2 Å². The highest BCUT2D eigenvalue weighted by Gasteiger charge is 2.79. The zero-order chi connectivity index (χ0) is 20.9. The second-order valence-corrected chi connectivity index (χ2v) is 7.59. The zero-order valence-electron chi connectivity index (χ0n) is 16.0. The molecular formula is C22H18N4O3. The number of ether oxygens (including phenoxy) is 2. The maximum Gasteiger partial charge on any atom is 0.215 e. The summed E-state index contributed by atoms with van der Waals surface area (Å²) < 4.78 is 17.6. The van der Waals surface area contributed by atoms with Crippen LogP contribution in [0.15, 0.2) is 46.9 Å². The molecule has 2 aromatic rings. The van der Waals surface area contributed by atoms with Gasteiger partial charge in [0.25, 0.3) is 0 Å².